The number of rotatable bonds is 5. The zero-order valence-corrected chi connectivity index (χ0v) is 7.19. The third-order valence-corrected chi connectivity index (χ3v) is 1.53. The quantitative estimate of drug-likeness (QED) is 0.585. The van der Waals surface area contributed by atoms with Crippen LogP contribution in [0, 0.1) is 0 Å². The van der Waals surface area contributed by atoms with Crippen LogP contribution in [0.15, 0.2) is 11.6 Å². The van der Waals surface area contributed by atoms with Gasteiger partial charge >= 0.3 is 0 Å². The molecule has 0 atom stereocenters. The van der Waals surface area contributed by atoms with Crippen LogP contribution in [-0.2, 0) is 0 Å². The third kappa shape index (κ3) is 4.57. The van der Waals surface area contributed by atoms with E-state index in [1.807, 2.05) is 0 Å². The molecule has 1 heteroatoms. The topological polar surface area (TPSA) is 26.0 Å². The van der Waals surface area contributed by atoms with Gasteiger partial charge in [-0.15, -0.1) is 0 Å². The second-order valence-corrected chi connectivity index (χ2v) is 2.56. The lowest BCUT2D eigenvalue weighted by atomic mass is 10.1. The summed E-state index contributed by atoms with van der Waals surface area (Å²) < 4.78 is 0. The van der Waals surface area contributed by atoms with Gasteiger partial charge in [-0.2, -0.15) is 0 Å². The van der Waals surface area contributed by atoms with E-state index >= 15 is 0 Å². The Balaban J connectivity index is 3.60. The Labute approximate surface area is 64.3 Å². The lowest BCUT2D eigenvalue weighted by Gasteiger charge is -2.02. The molecule has 0 aromatic heterocycles. The molecule has 0 fully saturated rings. The number of nitrogens with two attached hydrogens (primary N) is 1. The highest BCUT2D eigenvalue weighted by Crippen LogP contribution is 2.08. The zero-order valence-electron chi connectivity index (χ0n) is 7.19. The Morgan fingerprint density at radius 3 is 2.40 bits per heavy atom. The minimum atomic E-state index is 0.797. The summed E-state index contributed by atoms with van der Waals surface area (Å²) >= 11 is 0. The van der Waals surface area contributed by atoms with Crippen LogP contribution in [0.4, 0.5) is 0 Å². The summed E-state index contributed by atoms with van der Waals surface area (Å²) in [6.45, 7) is 5.18. The maximum Gasteiger partial charge on any atom is -0.00399 e. The summed E-state index contributed by atoms with van der Waals surface area (Å²) in [5.74, 6) is 0. The van der Waals surface area contributed by atoms with E-state index in [9.17, 15) is 0 Å². The van der Waals surface area contributed by atoms with Gasteiger partial charge in [0.25, 0.3) is 0 Å². The molecule has 0 aromatic carbocycles. The molecule has 0 unspecified atom stereocenters. The molecular formula is C9H19N. The Hall–Kier alpha value is -0.300. The molecule has 0 saturated carbocycles. The van der Waals surface area contributed by atoms with Crippen molar-refractivity contribution in [2.45, 2.75) is 39.5 Å². The fourth-order valence-electron chi connectivity index (χ4n) is 1.12. The first-order valence-corrected chi connectivity index (χ1v) is 4.23. The van der Waals surface area contributed by atoms with Gasteiger partial charge in [0.15, 0.2) is 0 Å². The van der Waals surface area contributed by atoms with Crippen LogP contribution >= 0.6 is 0 Å². The van der Waals surface area contributed by atoms with Crippen molar-refractivity contribution in [2.75, 3.05) is 6.54 Å². The fraction of sp³-hybridized carbons (Fsp3) is 0.778. The van der Waals surface area contributed by atoms with Gasteiger partial charge in [0.05, 0.1) is 0 Å². The average Bonchev–Trinajstić information content (AvgIpc) is 1.90. The van der Waals surface area contributed by atoms with E-state index in [4.69, 9.17) is 5.73 Å². The minimum absolute atomic E-state index is 0.797. The van der Waals surface area contributed by atoms with Crippen LogP contribution < -0.4 is 5.73 Å². The van der Waals surface area contributed by atoms with Gasteiger partial charge in [-0.3, -0.25) is 0 Å². The molecule has 0 aliphatic carbocycles. The average molecular weight is 141 g/mol. The molecule has 0 aromatic rings. The van der Waals surface area contributed by atoms with Gasteiger partial charge in [0, 0.05) is 0 Å². The van der Waals surface area contributed by atoms with E-state index in [1.54, 1.807) is 0 Å². The first kappa shape index (κ1) is 9.70. The van der Waals surface area contributed by atoms with E-state index in [1.165, 1.54) is 18.4 Å². The van der Waals surface area contributed by atoms with Crippen LogP contribution in [0.3, 0.4) is 0 Å². The lowest BCUT2D eigenvalue weighted by Crippen LogP contribution is -2.00. The minimum Gasteiger partial charge on any atom is -0.330 e. The molecule has 0 rings (SSSR count). The third-order valence-electron chi connectivity index (χ3n) is 1.53. The van der Waals surface area contributed by atoms with Crippen LogP contribution in [0.5, 0.6) is 0 Å². The number of hydrogen-bond donors (Lipinski definition) is 1. The zero-order chi connectivity index (χ0) is 7.82. The molecule has 60 valence electrons. The van der Waals surface area contributed by atoms with Gasteiger partial charge in [-0.1, -0.05) is 31.9 Å². The first-order chi connectivity index (χ1) is 4.85. The molecule has 1 nitrogen and oxygen atoms in total. The molecule has 0 aliphatic rings. The van der Waals surface area contributed by atoms with Crippen molar-refractivity contribution < 1.29 is 0 Å². The van der Waals surface area contributed by atoms with Gasteiger partial charge in [-0.25, -0.2) is 0 Å². The summed E-state index contributed by atoms with van der Waals surface area (Å²) in [5, 5.41) is 0. The Bertz CT molecular complexity index is 86.9. The Morgan fingerprint density at radius 1 is 1.30 bits per heavy atom. The predicted octanol–water partition coefficient (Wildman–Crippen LogP) is 2.47. The summed E-state index contributed by atoms with van der Waals surface area (Å²) in [7, 11) is 0. The van der Waals surface area contributed by atoms with Gasteiger partial charge < -0.3 is 5.73 Å². The van der Waals surface area contributed by atoms with Gasteiger partial charge in [-0.05, 0) is 25.8 Å². The summed E-state index contributed by atoms with van der Waals surface area (Å²) in [6, 6.07) is 0. The van der Waals surface area contributed by atoms with Gasteiger partial charge in [0.1, 0.15) is 0 Å². The molecule has 0 spiro atoms. The molecule has 0 aliphatic heterocycles. The summed E-state index contributed by atoms with van der Waals surface area (Å²) in [4.78, 5) is 0. The van der Waals surface area contributed by atoms with Crippen molar-refractivity contribution in [1.29, 1.82) is 0 Å². The van der Waals surface area contributed by atoms with Crippen molar-refractivity contribution in [3.8, 4) is 0 Å². The smallest absolute Gasteiger partial charge is 0.00399 e. The van der Waals surface area contributed by atoms with Crippen molar-refractivity contribution >= 4 is 0 Å². The highest BCUT2D eigenvalue weighted by molar-refractivity contribution is 5.01. The van der Waals surface area contributed by atoms with E-state index in [2.05, 4.69) is 19.9 Å². The monoisotopic (exact) mass is 141 g/mol. The molecule has 0 amide bonds. The Kier molecular flexibility index (Phi) is 6.61. The van der Waals surface area contributed by atoms with Crippen molar-refractivity contribution in [1.82, 2.24) is 0 Å². The second kappa shape index (κ2) is 6.81. The lowest BCUT2D eigenvalue weighted by molar-refractivity contribution is 0.816. The van der Waals surface area contributed by atoms with Gasteiger partial charge in [0.2, 0.25) is 0 Å². The van der Waals surface area contributed by atoms with Crippen molar-refractivity contribution in [3.63, 3.8) is 0 Å². The second-order valence-electron chi connectivity index (χ2n) is 2.56. The van der Waals surface area contributed by atoms with Crippen LogP contribution in [-0.4, -0.2) is 6.54 Å². The molecular weight excluding hydrogens is 122 g/mol. The largest absolute Gasteiger partial charge is 0.330 e. The maximum atomic E-state index is 5.45. The van der Waals surface area contributed by atoms with Crippen molar-refractivity contribution in [3.05, 3.63) is 11.6 Å². The standard InChI is InChI=1S/C9H19N/c1-3-5-9(6-4-2)7-8-10/h5H,3-4,6-8,10H2,1-2H3. The van der Waals surface area contributed by atoms with Crippen molar-refractivity contribution in [2.24, 2.45) is 5.73 Å². The van der Waals surface area contributed by atoms with E-state index in [-0.39, 0.29) is 0 Å². The molecule has 0 heterocycles. The van der Waals surface area contributed by atoms with Crippen LogP contribution in [0.25, 0.3) is 0 Å². The number of hydrogen-bond acceptors (Lipinski definition) is 1. The highest BCUT2D eigenvalue weighted by Gasteiger charge is 1.91. The molecule has 10 heavy (non-hydrogen) atoms. The fourth-order valence-corrected chi connectivity index (χ4v) is 1.12. The summed E-state index contributed by atoms with van der Waals surface area (Å²) in [6.07, 6.45) is 7.00. The highest BCUT2D eigenvalue weighted by atomic mass is 14.5. The molecule has 0 saturated heterocycles. The van der Waals surface area contributed by atoms with Crippen LogP contribution in [0.2, 0.25) is 0 Å². The maximum absolute atomic E-state index is 5.45. The summed E-state index contributed by atoms with van der Waals surface area (Å²) in [5.41, 5.74) is 6.98. The number of allylic oxidation sites excluding steroid dienone is 1. The van der Waals surface area contributed by atoms with Crippen LogP contribution in [0.1, 0.15) is 39.5 Å². The molecule has 0 bridgehead atoms. The normalized spacial score (nSPS) is 12.1. The molecule has 2 N–H and O–H groups in total. The van der Waals surface area contributed by atoms with E-state index in [0.29, 0.717) is 0 Å². The van der Waals surface area contributed by atoms with E-state index in [0.717, 1.165) is 19.4 Å². The predicted molar refractivity (Wildman–Crippen MR) is 47.0 cm³/mol. The van der Waals surface area contributed by atoms with E-state index < -0.39 is 0 Å². The SMILES string of the molecule is CCC=C(CCC)CCN. The Morgan fingerprint density at radius 2 is 2.00 bits per heavy atom. The first-order valence-electron chi connectivity index (χ1n) is 4.23. The molecule has 0 radical (unpaired) electrons.